The van der Waals surface area contributed by atoms with Crippen molar-refractivity contribution >= 4 is 28.9 Å². The number of ketones is 1. The van der Waals surface area contributed by atoms with Crippen LogP contribution in [0.5, 0.6) is 0 Å². The van der Waals surface area contributed by atoms with Gasteiger partial charge in [-0.25, -0.2) is 4.98 Å². The third kappa shape index (κ3) is 22.1. The van der Waals surface area contributed by atoms with Gasteiger partial charge in [0, 0.05) is 94.6 Å². The molecule has 0 saturated carbocycles. The van der Waals surface area contributed by atoms with Crippen LogP contribution < -0.4 is 0 Å². The number of piperazine rings is 2. The second kappa shape index (κ2) is 26.6. The topological polar surface area (TPSA) is 80.3 Å². The van der Waals surface area contributed by atoms with E-state index in [9.17, 15) is 14.4 Å². The number of aromatic nitrogens is 1. The van der Waals surface area contributed by atoms with E-state index >= 15 is 0 Å². The predicted octanol–water partition coefficient (Wildman–Crippen LogP) is 10.1. The van der Waals surface area contributed by atoms with Crippen molar-refractivity contribution < 1.29 is 14.4 Å². The van der Waals surface area contributed by atoms with E-state index in [1.807, 2.05) is 59.4 Å². The van der Waals surface area contributed by atoms with E-state index in [0.29, 0.717) is 35.6 Å². The summed E-state index contributed by atoms with van der Waals surface area (Å²) in [5.74, 6) is 2.78. The lowest BCUT2D eigenvalue weighted by molar-refractivity contribution is -0.137. The molecule has 9 nitrogen and oxygen atoms in total. The zero-order valence-electron chi connectivity index (χ0n) is 39.9. The molecule has 0 unspecified atom stereocenters. The molecule has 3 aliphatic heterocycles. The summed E-state index contributed by atoms with van der Waals surface area (Å²) < 4.78 is 0. The van der Waals surface area contributed by atoms with Crippen LogP contribution in [0, 0.1) is 23.2 Å². The summed E-state index contributed by atoms with van der Waals surface area (Å²) in [5.41, 5.74) is 2.14. The van der Waals surface area contributed by atoms with Crippen molar-refractivity contribution in [1.29, 1.82) is 0 Å². The van der Waals surface area contributed by atoms with E-state index < -0.39 is 0 Å². The molecule has 3 fully saturated rings. The first-order valence-electron chi connectivity index (χ1n) is 22.9. The van der Waals surface area contributed by atoms with Crippen molar-refractivity contribution in [3.05, 3.63) is 40.7 Å². The molecule has 0 atom stereocenters. The Kier molecular flexibility index (Phi) is 23.7. The molecule has 5 rings (SSSR count). The highest BCUT2D eigenvalue weighted by molar-refractivity contribution is 7.12. The number of rotatable bonds is 12. The molecule has 1 aromatic carbocycles. The molecular formula is C49H86N6O3S. The number of piperidine rings is 1. The number of likely N-dealkylation sites (N-methyl/N-ethyl adjacent to an activating group) is 2. The number of Topliss-reactive ketones (excluding diaryl/α,β-unsaturated/α-hetero) is 1. The van der Waals surface area contributed by atoms with Crippen molar-refractivity contribution in [2.24, 2.45) is 23.2 Å². The van der Waals surface area contributed by atoms with Crippen LogP contribution in [0.2, 0.25) is 0 Å². The predicted molar refractivity (Wildman–Crippen MR) is 251 cm³/mol. The van der Waals surface area contributed by atoms with Gasteiger partial charge in [0.2, 0.25) is 11.8 Å². The molecule has 2 amide bonds. The van der Waals surface area contributed by atoms with Crippen molar-refractivity contribution in [1.82, 2.24) is 29.5 Å². The van der Waals surface area contributed by atoms with Gasteiger partial charge in [-0.2, -0.15) is 0 Å². The van der Waals surface area contributed by atoms with Crippen LogP contribution in [0.3, 0.4) is 0 Å². The Morgan fingerprint density at radius 1 is 0.746 bits per heavy atom. The lowest BCUT2D eigenvalue weighted by Gasteiger charge is -2.45. The Morgan fingerprint density at radius 2 is 1.36 bits per heavy atom. The third-order valence-corrected chi connectivity index (χ3v) is 12.1. The maximum absolute atomic E-state index is 12.1. The van der Waals surface area contributed by atoms with E-state index in [-0.39, 0.29) is 16.7 Å². The maximum atomic E-state index is 12.1. The van der Waals surface area contributed by atoms with Gasteiger partial charge in [-0.3, -0.25) is 19.3 Å². The first kappa shape index (κ1) is 52.5. The smallest absolute Gasteiger partial charge is 0.223 e. The van der Waals surface area contributed by atoms with Gasteiger partial charge >= 0.3 is 0 Å². The lowest BCUT2D eigenvalue weighted by atomic mass is 9.90. The number of hydrogen-bond acceptors (Lipinski definition) is 8. The molecule has 0 bridgehead atoms. The lowest BCUT2D eigenvalue weighted by Crippen LogP contribution is -2.59. The normalized spacial score (nSPS) is 17.8. The van der Waals surface area contributed by atoms with Crippen LogP contribution in [-0.2, 0) is 9.59 Å². The first-order chi connectivity index (χ1) is 27.7. The summed E-state index contributed by atoms with van der Waals surface area (Å²) in [6.07, 6.45) is 9.28. The Bertz CT molecular complexity index is 1470. The summed E-state index contributed by atoms with van der Waals surface area (Å²) in [7, 11) is 4.34. The van der Waals surface area contributed by atoms with Crippen LogP contribution in [-0.4, -0.2) is 132 Å². The molecule has 0 radical (unpaired) electrons. The SMILES string of the molecule is CC(C)CC(=O)c1nc(-c2ccccc2)cs1.CC(C)CCCC(=O)N1CCCCC1.CC(C)CCN1CCN(C)CC1.CN1CCN(C(=O)CC(C)(C)C)CC1(C)C. The average molecular weight is 839 g/mol. The Labute approximate surface area is 365 Å². The average Bonchev–Trinajstić information content (AvgIpc) is 3.67. The fourth-order valence-electron chi connectivity index (χ4n) is 7.10. The Morgan fingerprint density at radius 3 is 1.90 bits per heavy atom. The molecule has 2 aromatic rings. The number of likely N-dealkylation sites (tertiary alicyclic amines) is 1. The zero-order valence-corrected chi connectivity index (χ0v) is 40.8. The van der Waals surface area contributed by atoms with Crippen molar-refractivity contribution in [3.63, 3.8) is 0 Å². The van der Waals surface area contributed by atoms with Crippen LogP contribution in [0.25, 0.3) is 11.3 Å². The van der Waals surface area contributed by atoms with Crippen LogP contribution in [0.1, 0.15) is 144 Å². The number of benzene rings is 1. The molecule has 0 aliphatic carbocycles. The quantitative estimate of drug-likeness (QED) is 0.197. The zero-order chi connectivity index (χ0) is 44.2. The van der Waals surface area contributed by atoms with Gasteiger partial charge in [0.15, 0.2) is 10.8 Å². The highest BCUT2D eigenvalue weighted by Crippen LogP contribution is 2.25. The van der Waals surface area contributed by atoms with Gasteiger partial charge in [0.1, 0.15) is 0 Å². The summed E-state index contributed by atoms with van der Waals surface area (Å²) >= 11 is 1.43. The van der Waals surface area contributed by atoms with Crippen molar-refractivity contribution in [2.45, 2.75) is 139 Å². The molecule has 10 heteroatoms. The van der Waals surface area contributed by atoms with E-state index in [0.717, 1.165) is 68.7 Å². The van der Waals surface area contributed by atoms with Crippen LogP contribution in [0.15, 0.2) is 35.7 Å². The van der Waals surface area contributed by atoms with Crippen molar-refractivity contribution in [2.75, 3.05) is 79.5 Å². The largest absolute Gasteiger partial charge is 0.343 e. The highest BCUT2D eigenvalue weighted by Gasteiger charge is 2.34. The monoisotopic (exact) mass is 839 g/mol. The fraction of sp³-hybridized carbons (Fsp3) is 0.755. The van der Waals surface area contributed by atoms with E-state index in [1.165, 1.54) is 76.2 Å². The van der Waals surface area contributed by atoms with Gasteiger partial charge in [-0.15, -0.1) is 11.3 Å². The van der Waals surface area contributed by atoms with Gasteiger partial charge < -0.3 is 19.6 Å². The number of amides is 2. The van der Waals surface area contributed by atoms with Crippen molar-refractivity contribution in [3.8, 4) is 11.3 Å². The summed E-state index contributed by atoms with van der Waals surface area (Å²) in [4.78, 5) is 51.5. The van der Waals surface area contributed by atoms with E-state index in [1.54, 1.807) is 0 Å². The summed E-state index contributed by atoms with van der Waals surface area (Å²) in [6.45, 7) is 34.9. The maximum Gasteiger partial charge on any atom is 0.223 e. The third-order valence-electron chi connectivity index (χ3n) is 11.3. The van der Waals surface area contributed by atoms with Gasteiger partial charge in [-0.05, 0) is 89.8 Å². The fourth-order valence-corrected chi connectivity index (χ4v) is 7.87. The van der Waals surface area contributed by atoms with Gasteiger partial charge in [-0.1, -0.05) is 99.1 Å². The molecule has 3 aliphatic rings. The number of thiazole rings is 1. The number of hydrogen-bond donors (Lipinski definition) is 0. The standard InChI is InChI=1S/C14H15NOS.C13H26N2O.C12H23NO.C10H22N2/c1-10(2)8-13(16)14-15-12(9-17-14)11-6-4-3-5-7-11;1-12(2,3)9-11(16)15-8-7-14(6)13(4,5)10-15;1-11(2)7-6-8-12(14)13-9-4-3-5-10-13;1-10(2)4-5-12-8-6-11(3)7-9-12/h3-7,9-10H,8H2,1-2H3;7-10H2,1-6H3;11H,3-10H2,1-2H3;10H,4-9H2,1-3H3. The minimum atomic E-state index is 0.0879. The van der Waals surface area contributed by atoms with E-state index in [4.69, 9.17) is 0 Å². The molecule has 59 heavy (non-hydrogen) atoms. The molecule has 0 spiro atoms. The van der Waals surface area contributed by atoms with Crippen LogP contribution in [0.4, 0.5) is 0 Å². The van der Waals surface area contributed by atoms with Crippen LogP contribution >= 0.6 is 11.3 Å². The molecular weight excluding hydrogens is 753 g/mol. The Hall–Kier alpha value is -2.66. The summed E-state index contributed by atoms with van der Waals surface area (Å²) in [6, 6.07) is 9.94. The van der Waals surface area contributed by atoms with E-state index in [2.05, 4.69) is 96.1 Å². The molecule has 4 heterocycles. The minimum Gasteiger partial charge on any atom is -0.343 e. The number of carbonyl (C=O) groups excluding carboxylic acids is 3. The second-order valence-corrected chi connectivity index (χ2v) is 21.1. The second-order valence-electron chi connectivity index (χ2n) is 20.3. The minimum absolute atomic E-state index is 0.0879. The number of carbonyl (C=O) groups is 3. The Balaban J connectivity index is 0.000000273. The van der Waals surface area contributed by atoms with Gasteiger partial charge in [0.25, 0.3) is 0 Å². The molecule has 0 N–H and O–H groups in total. The first-order valence-corrected chi connectivity index (χ1v) is 23.8. The molecule has 3 saturated heterocycles. The number of nitrogens with zero attached hydrogens (tertiary/aromatic N) is 6. The molecule has 336 valence electrons. The summed E-state index contributed by atoms with van der Waals surface area (Å²) in [5, 5.41) is 2.57. The highest BCUT2D eigenvalue weighted by atomic mass is 32.1. The molecule has 1 aromatic heterocycles. The van der Waals surface area contributed by atoms with Gasteiger partial charge in [0.05, 0.1) is 5.69 Å².